The van der Waals surface area contributed by atoms with Crippen LogP contribution in [-0.2, 0) is 0 Å². The minimum absolute atomic E-state index is 0.371. The van der Waals surface area contributed by atoms with Gasteiger partial charge in [0.15, 0.2) is 0 Å². The van der Waals surface area contributed by atoms with E-state index in [-0.39, 0.29) is 0 Å². The fourth-order valence-electron chi connectivity index (χ4n) is 2.77. The van der Waals surface area contributed by atoms with Crippen LogP contribution < -0.4 is 0 Å². The van der Waals surface area contributed by atoms with Crippen LogP contribution in [0.15, 0.2) is 12.7 Å². The van der Waals surface area contributed by atoms with Crippen molar-refractivity contribution < 1.29 is 110 Å². The average molecular weight is 688 g/mol. The van der Waals surface area contributed by atoms with E-state index in [1.165, 1.54) is 0 Å². The molecule has 0 fully saturated rings. The highest BCUT2D eigenvalue weighted by atomic mass is 19.4. The van der Waals surface area contributed by atoms with Crippen LogP contribution in [0.5, 0.6) is 0 Å². The van der Waals surface area contributed by atoms with Gasteiger partial charge in [0.05, 0.1) is 0 Å². The van der Waals surface area contributed by atoms with Crippen molar-refractivity contribution in [1.82, 2.24) is 0 Å². The third kappa shape index (κ3) is 4.54. The van der Waals surface area contributed by atoms with Crippen molar-refractivity contribution in [3.05, 3.63) is 12.7 Å². The zero-order chi connectivity index (χ0) is 35.0. The van der Waals surface area contributed by atoms with Gasteiger partial charge >= 0.3 is 71.3 Å². The van der Waals surface area contributed by atoms with Crippen molar-refractivity contribution in [3.8, 4) is 0 Å². The Balaban J connectivity index is 7.40. The van der Waals surface area contributed by atoms with Crippen molar-refractivity contribution in [1.29, 1.82) is 0 Å². The van der Waals surface area contributed by atoms with E-state index < -0.39 is 89.7 Å². The molecule has 1 unspecified atom stereocenters. The van der Waals surface area contributed by atoms with Crippen molar-refractivity contribution in [2.75, 3.05) is 0 Å². The number of hydrogen-bond donors (Lipinski definition) is 0. The van der Waals surface area contributed by atoms with E-state index in [1.807, 2.05) is 0 Å². The van der Waals surface area contributed by atoms with E-state index in [0.29, 0.717) is 6.92 Å². The van der Waals surface area contributed by atoms with Gasteiger partial charge in [-0.3, -0.25) is 0 Å². The smallest absolute Gasteiger partial charge is 0.199 e. The Bertz CT molecular complexity index is 981. The largest absolute Gasteiger partial charge is 0.460 e. The number of halogens is 25. The Kier molecular flexibility index (Phi) is 9.53. The lowest BCUT2D eigenvalue weighted by atomic mass is 9.82. The van der Waals surface area contributed by atoms with Crippen LogP contribution in [0.2, 0.25) is 0 Å². The monoisotopic (exact) mass is 688 g/mol. The summed E-state index contributed by atoms with van der Waals surface area (Å²) in [6.07, 6.45) is -10.1. The van der Waals surface area contributed by atoms with Gasteiger partial charge < -0.3 is 0 Å². The molecule has 0 saturated heterocycles. The first-order valence-corrected chi connectivity index (χ1v) is 9.62. The Morgan fingerprint density at radius 2 is 0.571 bits per heavy atom. The molecule has 0 rings (SSSR count). The van der Waals surface area contributed by atoms with Gasteiger partial charge in [-0.25, -0.2) is 0 Å². The summed E-state index contributed by atoms with van der Waals surface area (Å²) in [5, 5.41) is 0. The lowest BCUT2D eigenvalue weighted by molar-refractivity contribution is -0.482. The molecule has 0 saturated carbocycles. The molecule has 252 valence electrons. The first-order valence-electron chi connectivity index (χ1n) is 9.62. The molecule has 0 aliphatic heterocycles. The fraction of sp³-hybridized carbons (Fsp3) is 0.882. The normalized spacial score (nSPS) is 17.4. The lowest BCUT2D eigenvalue weighted by Gasteiger charge is -2.46. The highest BCUT2D eigenvalue weighted by Crippen LogP contribution is 2.68. The van der Waals surface area contributed by atoms with Crippen molar-refractivity contribution in [2.45, 2.75) is 84.7 Å². The fourth-order valence-corrected chi connectivity index (χ4v) is 2.77. The average Bonchev–Trinajstić information content (AvgIpc) is 2.77. The Morgan fingerprint density at radius 1 is 0.381 bits per heavy atom. The van der Waals surface area contributed by atoms with Crippen LogP contribution in [0, 0.1) is 5.92 Å². The van der Waals surface area contributed by atoms with Gasteiger partial charge in [-0.05, 0) is 6.42 Å². The first kappa shape index (κ1) is 40.0. The maximum Gasteiger partial charge on any atom is 0.460 e. The molecule has 0 amide bonds. The first-order chi connectivity index (χ1) is 17.8. The van der Waals surface area contributed by atoms with Gasteiger partial charge in [0.1, 0.15) is 0 Å². The number of hydrogen-bond acceptors (Lipinski definition) is 0. The van der Waals surface area contributed by atoms with Gasteiger partial charge in [-0.2, -0.15) is 110 Å². The maximum atomic E-state index is 13.8. The predicted octanol–water partition coefficient (Wildman–Crippen LogP) is 9.75. The topological polar surface area (TPSA) is 0 Å². The number of alkyl halides is 25. The van der Waals surface area contributed by atoms with Gasteiger partial charge in [0.25, 0.3) is 0 Å². The Hall–Kier alpha value is -2.01. The third-order valence-corrected chi connectivity index (χ3v) is 5.51. The second-order valence-electron chi connectivity index (χ2n) is 8.12. The van der Waals surface area contributed by atoms with Crippen LogP contribution in [0.25, 0.3) is 0 Å². The molecule has 0 radical (unpaired) electrons. The summed E-state index contributed by atoms with van der Waals surface area (Å²) in [7, 11) is 0. The van der Waals surface area contributed by atoms with Crippen molar-refractivity contribution in [2.24, 2.45) is 5.92 Å². The van der Waals surface area contributed by atoms with E-state index in [2.05, 4.69) is 6.58 Å². The minimum atomic E-state index is -9.58. The Labute approximate surface area is 214 Å². The van der Waals surface area contributed by atoms with Crippen molar-refractivity contribution in [3.63, 3.8) is 0 Å². The lowest BCUT2D eigenvalue weighted by Crippen LogP contribution is -2.78. The van der Waals surface area contributed by atoms with Crippen LogP contribution in [0.3, 0.4) is 0 Å². The van der Waals surface area contributed by atoms with Gasteiger partial charge in [-0.1, -0.05) is 13.0 Å². The standard InChI is InChI=1S/C17H9F25/c1-3-5(4-2)6(18,19)7(20,21)8(22,23)9(24,25)10(26,27)11(28,29)12(30,31)13(32,33)14(34,35)15(36,37)16(38,39)17(40,41)42/h3,5H,1,4H2,2H3. The van der Waals surface area contributed by atoms with Gasteiger partial charge in [-0.15, -0.1) is 6.58 Å². The van der Waals surface area contributed by atoms with Gasteiger partial charge in [0, 0.05) is 5.92 Å². The van der Waals surface area contributed by atoms with E-state index >= 15 is 0 Å². The molecule has 0 aromatic rings. The van der Waals surface area contributed by atoms with Crippen LogP contribution >= 0.6 is 0 Å². The molecule has 0 spiro atoms. The number of rotatable bonds is 13. The summed E-state index contributed by atoms with van der Waals surface area (Å²) in [6, 6.07) is 0. The number of allylic oxidation sites excluding steroid dienone is 1. The summed E-state index contributed by atoms with van der Waals surface area (Å²) >= 11 is 0. The molecule has 0 nitrogen and oxygen atoms in total. The van der Waals surface area contributed by atoms with Gasteiger partial charge in [0.2, 0.25) is 0 Å². The highest BCUT2D eigenvalue weighted by Gasteiger charge is 2.99. The highest BCUT2D eigenvalue weighted by molar-refractivity contribution is 5.20. The molecule has 0 aliphatic rings. The molecular weight excluding hydrogens is 679 g/mol. The Morgan fingerprint density at radius 3 is 0.738 bits per heavy atom. The summed E-state index contributed by atoms with van der Waals surface area (Å²) in [5.74, 6) is -102. The van der Waals surface area contributed by atoms with E-state index in [9.17, 15) is 110 Å². The summed E-state index contributed by atoms with van der Waals surface area (Å²) < 4.78 is 334. The van der Waals surface area contributed by atoms with Crippen LogP contribution in [-0.4, -0.2) is 71.3 Å². The molecule has 1 atom stereocenters. The molecule has 0 N–H and O–H groups in total. The molecule has 0 bridgehead atoms. The molecule has 25 heteroatoms. The zero-order valence-electron chi connectivity index (χ0n) is 19.0. The van der Waals surface area contributed by atoms with Crippen LogP contribution in [0.1, 0.15) is 13.3 Å². The molecular formula is C17H9F25. The maximum absolute atomic E-state index is 13.8. The quantitative estimate of drug-likeness (QED) is 0.134. The third-order valence-electron chi connectivity index (χ3n) is 5.51. The zero-order valence-corrected chi connectivity index (χ0v) is 19.0. The van der Waals surface area contributed by atoms with E-state index in [0.717, 1.165) is 0 Å². The van der Waals surface area contributed by atoms with E-state index in [1.54, 1.807) is 0 Å². The van der Waals surface area contributed by atoms with Crippen molar-refractivity contribution >= 4 is 0 Å². The summed E-state index contributed by atoms with van der Waals surface area (Å²) in [5.41, 5.74) is 0. The summed E-state index contributed by atoms with van der Waals surface area (Å²) in [6.45, 7) is 2.70. The predicted molar refractivity (Wildman–Crippen MR) is 84.5 cm³/mol. The SMILES string of the molecule is C=CC(CC)C(F)(F)C(F)(F)C(F)(F)C(F)(F)C(F)(F)C(F)(F)C(F)(F)C(F)(F)C(F)(F)C(F)(F)C(F)(F)C(F)(F)F. The molecule has 0 aliphatic carbocycles. The molecule has 0 heterocycles. The molecule has 0 aromatic carbocycles. The second-order valence-corrected chi connectivity index (χ2v) is 8.12. The minimum Gasteiger partial charge on any atom is -0.199 e. The van der Waals surface area contributed by atoms with Crippen LogP contribution in [0.4, 0.5) is 110 Å². The second kappa shape index (κ2) is 10.0. The summed E-state index contributed by atoms with van der Waals surface area (Å²) in [4.78, 5) is 0. The van der Waals surface area contributed by atoms with E-state index in [4.69, 9.17) is 0 Å². The molecule has 42 heavy (non-hydrogen) atoms. The molecule has 0 aromatic heterocycles.